The summed E-state index contributed by atoms with van der Waals surface area (Å²) in [4.78, 5) is 25.4. The quantitative estimate of drug-likeness (QED) is 0.349. The number of carbonyl (C=O) groups excluding carboxylic acids is 2. The first kappa shape index (κ1) is 24.8. The minimum Gasteiger partial charge on any atom is -0.462 e. The fourth-order valence-electron chi connectivity index (χ4n) is 8.40. The van der Waals surface area contributed by atoms with E-state index in [-0.39, 0.29) is 18.3 Å². The van der Waals surface area contributed by atoms with Gasteiger partial charge in [0.05, 0.1) is 31.5 Å². The number of allylic oxidation sites excluding steroid dienone is 1. The summed E-state index contributed by atoms with van der Waals surface area (Å²) in [6.07, 6.45) is 0.981. The van der Waals surface area contributed by atoms with Gasteiger partial charge < -0.3 is 33.5 Å². The fraction of sp³-hybridized carbons (Fsp3) is 0.852. The van der Waals surface area contributed by atoms with E-state index in [4.69, 9.17) is 28.4 Å². The number of fused-ring (bicyclic) bond motifs is 2. The van der Waals surface area contributed by atoms with Crippen molar-refractivity contribution in [3.05, 3.63) is 11.6 Å². The molecule has 0 radical (unpaired) electrons. The highest BCUT2D eigenvalue weighted by Crippen LogP contribution is 2.74. The van der Waals surface area contributed by atoms with Gasteiger partial charge >= 0.3 is 11.9 Å². The van der Waals surface area contributed by atoms with Crippen LogP contribution in [0.15, 0.2) is 11.6 Å². The molecule has 7 rings (SSSR count). The zero-order valence-electron chi connectivity index (χ0n) is 21.7. The highest BCUT2D eigenvalue weighted by atomic mass is 16.7. The maximum Gasteiger partial charge on any atom is 0.335 e. The van der Waals surface area contributed by atoms with Gasteiger partial charge in [0.2, 0.25) is 6.29 Å². The second kappa shape index (κ2) is 8.24. The zero-order chi connectivity index (χ0) is 25.6. The van der Waals surface area contributed by atoms with Crippen LogP contribution in [0.4, 0.5) is 0 Å². The van der Waals surface area contributed by atoms with Gasteiger partial charge in [-0.05, 0) is 39.0 Å². The second-order valence-corrected chi connectivity index (χ2v) is 12.0. The second-order valence-electron chi connectivity index (χ2n) is 12.0. The molecular formula is C27H38O9. The van der Waals surface area contributed by atoms with Crippen LogP contribution in [0.25, 0.3) is 0 Å². The normalized spacial score (nSPS) is 53.2. The highest BCUT2D eigenvalue weighted by molar-refractivity contribution is 5.87. The van der Waals surface area contributed by atoms with E-state index in [0.717, 1.165) is 12.8 Å². The van der Waals surface area contributed by atoms with Crippen molar-refractivity contribution < 1.29 is 43.1 Å². The van der Waals surface area contributed by atoms with Gasteiger partial charge in [-0.2, -0.15) is 0 Å². The van der Waals surface area contributed by atoms with Crippen molar-refractivity contribution in [1.82, 2.24) is 0 Å². The van der Waals surface area contributed by atoms with E-state index in [1.165, 1.54) is 6.92 Å². The molecule has 2 aliphatic carbocycles. The molecule has 0 aromatic heterocycles. The molecule has 9 heteroatoms. The maximum absolute atomic E-state index is 13.0. The number of hydrogen-bond acceptors (Lipinski definition) is 9. The van der Waals surface area contributed by atoms with Crippen molar-refractivity contribution in [3.63, 3.8) is 0 Å². The van der Waals surface area contributed by atoms with E-state index in [1.54, 1.807) is 19.9 Å². The molecule has 36 heavy (non-hydrogen) atoms. The molecule has 5 saturated heterocycles. The lowest BCUT2D eigenvalue weighted by Gasteiger charge is -2.70. The zero-order valence-corrected chi connectivity index (χ0v) is 21.7. The molecule has 0 aromatic rings. The first-order valence-electron chi connectivity index (χ1n) is 13.3. The van der Waals surface area contributed by atoms with Crippen LogP contribution < -0.4 is 0 Å². The van der Waals surface area contributed by atoms with Crippen LogP contribution in [-0.4, -0.2) is 72.9 Å². The average Bonchev–Trinajstić information content (AvgIpc) is 3.24. The summed E-state index contributed by atoms with van der Waals surface area (Å²) >= 11 is 0. The highest BCUT2D eigenvalue weighted by Gasteiger charge is 2.85. The summed E-state index contributed by atoms with van der Waals surface area (Å²) in [5, 5.41) is 11.9. The van der Waals surface area contributed by atoms with Crippen LogP contribution >= 0.6 is 0 Å². The minimum absolute atomic E-state index is 0.0414. The number of esters is 2. The Morgan fingerprint density at radius 3 is 2.53 bits per heavy atom. The largest absolute Gasteiger partial charge is 0.462 e. The summed E-state index contributed by atoms with van der Waals surface area (Å²) in [5.74, 6) is -0.986. The maximum atomic E-state index is 13.0. The monoisotopic (exact) mass is 506 g/mol. The minimum atomic E-state index is -1.07. The molecule has 5 aliphatic heterocycles. The molecule has 2 spiro atoms. The Bertz CT molecular complexity index is 962. The van der Waals surface area contributed by atoms with Crippen molar-refractivity contribution in [2.24, 2.45) is 28.6 Å². The van der Waals surface area contributed by atoms with Crippen LogP contribution in [0.1, 0.15) is 60.3 Å². The van der Waals surface area contributed by atoms with Crippen LogP contribution in [0, 0.1) is 28.6 Å². The SMILES string of the molecule is C/C=C(\C)C(=O)O[C@H]1O[C@H]2C[C@]3(CO3)[C@@]13[C@@H](OC(C)=O)C[C@@H](C)[C@](C)([C@@H]1C[C@H]4CCO[C@H]4O1)[C@H]3[C@@H]2O. The van der Waals surface area contributed by atoms with Gasteiger partial charge in [-0.1, -0.05) is 19.9 Å². The van der Waals surface area contributed by atoms with Gasteiger partial charge in [0.25, 0.3) is 0 Å². The molecule has 5 heterocycles. The van der Waals surface area contributed by atoms with E-state index in [2.05, 4.69) is 13.8 Å². The van der Waals surface area contributed by atoms with E-state index in [9.17, 15) is 14.7 Å². The summed E-state index contributed by atoms with van der Waals surface area (Å²) in [6, 6.07) is 0. The third kappa shape index (κ3) is 3.13. The fourth-order valence-corrected chi connectivity index (χ4v) is 8.40. The number of hydrogen-bond donors (Lipinski definition) is 1. The van der Waals surface area contributed by atoms with Crippen LogP contribution in [0.5, 0.6) is 0 Å². The van der Waals surface area contributed by atoms with E-state index in [1.807, 2.05) is 0 Å². The molecule has 200 valence electrons. The van der Waals surface area contributed by atoms with E-state index in [0.29, 0.717) is 37.5 Å². The Labute approximate surface area is 211 Å². The summed E-state index contributed by atoms with van der Waals surface area (Å²) in [7, 11) is 0. The molecule has 0 aromatic carbocycles. The molecule has 0 amide bonds. The van der Waals surface area contributed by atoms with Crippen molar-refractivity contribution in [2.45, 2.75) is 103 Å². The van der Waals surface area contributed by atoms with E-state index < -0.39 is 58.9 Å². The van der Waals surface area contributed by atoms with Crippen molar-refractivity contribution in [2.75, 3.05) is 13.2 Å². The number of ether oxygens (including phenoxy) is 6. The first-order chi connectivity index (χ1) is 17.1. The Hall–Kier alpha value is -1.52. The summed E-state index contributed by atoms with van der Waals surface area (Å²) in [5.41, 5.74) is -1.84. The molecule has 0 unspecified atom stereocenters. The first-order valence-corrected chi connectivity index (χ1v) is 13.3. The molecule has 9 nitrogen and oxygen atoms in total. The lowest BCUT2D eigenvalue weighted by atomic mass is 9.39. The number of rotatable bonds is 4. The Morgan fingerprint density at radius 1 is 1.14 bits per heavy atom. The van der Waals surface area contributed by atoms with Crippen molar-refractivity contribution >= 4 is 11.9 Å². The van der Waals surface area contributed by atoms with Gasteiger partial charge in [0.15, 0.2) is 6.29 Å². The third-order valence-electron chi connectivity index (χ3n) is 10.5. The summed E-state index contributed by atoms with van der Waals surface area (Å²) in [6.45, 7) is 10.3. The Kier molecular flexibility index (Phi) is 5.67. The predicted molar refractivity (Wildman–Crippen MR) is 124 cm³/mol. The van der Waals surface area contributed by atoms with Gasteiger partial charge in [0, 0.05) is 36.2 Å². The van der Waals surface area contributed by atoms with Gasteiger partial charge in [-0.3, -0.25) is 4.79 Å². The van der Waals surface area contributed by atoms with Gasteiger partial charge in [-0.25, -0.2) is 4.79 Å². The Morgan fingerprint density at radius 2 is 1.89 bits per heavy atom. The average molecular weight is 507 g/mol. The molecule has 1 N–H and O–H groups in total. The Balaban J connectivity index is 1.49. The third-order valence-corrected chi connectivity index (χ3v) is 10.5. The number of aliphatic hydroxyl groups excluding tert-OH is 1. The predicted octanol–water partition coefficient (Wildman–Crippen LogP) is 2.49. The smallest absolute Gasteiger partial charge is 0.335 e. The van der Waals surface area contributed by atoms with Crippen LogP contribution in [0.3, 0.4) is 0 Å². The van der Waals surface area contributed by atoms with Crippen LogP contribution in [-0.2, 0) is 38.0 Å². The van der Waals surface area contributed by atoms with Crippen LogP contribution in [0.2, 0.25) is 0 Å². The summed E-state index contributed by atoms with van der Waals surface area (Å²) < 4.78 is 37.0. The topological polar surface area (TPSA) is 113 Å². The molecule has 12 atom stereocenters. The van der Waals surface area contributed by atoms with E-state index >= 15 is 0 Å². The molecule has 7 fully saturated rings. The standard InChI is InChI=1S/C27H38O9/c1-6-13(2)22(30)36-24-27-19(33-15(4)28)9-14(3)25(5,18-10-16-7-8-31-23(16)35-18)21(27)20(29)17(34-24)11-26(27)12-32-26/h6,14,16-21,23-24,29H,7-12H2,1-5H3/b13-6+/t14-,16-,17+,18+,19+,20-,21-,23+,24-,25-,26+,27-/m1/s1. The molecule has 2 bridgehead atoms. The van der Waals surface area contributed by atoms with Gasteiger partial charge in [0.1, 0.15) is 17.1 Å². The molecular weight excluding hydrogens is 468 g/mol. The van der Waals surface area contributed by atoms with Gasteiger partial charge in [-0.15, -0.1) is 0 Å². The number of carbonyl (C=O) groups is 2. The van der Waals surface area contributed by atoms with Crippen molar-refractivity contribution in [3.8, 4) is 0 Å². The molecule has 7 aliphatic rings. The lowest BCUT2D eigenvalue weighted by molar-refractivity contribution is -0.400. The molecule has 2 saturated carbocycles. The lowest BCUT2D eigenvalue weighted by Crippen LogP contribution is -2.80. The van der Waals surface area contributed by atoms with Crippen molar-refractivity contribution in [1.29, 1.82) is 0 Å². The number of epoxide rings is 1. The number of aliphatic hydroxyl groups is 1.